The molecule has 4 heteroatoms. The highest BCUT2D eigenvalue weighted by atomic mass is 16.3. The lowest BCUT2D eigenvalue weighted by atomic mass is 10.2. The van der Waals surface area contributed by atoms with E-state index >= 15 is 0 Å². The van der Waals surface area contributed by atoms with Gasteiger partial charge in [-0.15, -0.1) is 0 Å². The Morgan fingerprint density at radius 2 is 2.40 bits per heavy atom. The van der Waals surface area contributed by atoms with Gasteiger partial charge in [-0.25, -0.2) is 4.98 Å². The van der Waals surface area contributed by atoms with Gasteiger partial charge in [0.25, 0.3) is 0 Å². The predicted molar refractivity (Wildman–Crippen MR) is 60.5 cm³/mol. The molecule has 86 valence electrons. The van der Waals surface area contributed by atoms with Crippen LogP contribution < -0.4 is 5.32 Å². The molecule has 0 bridgehead atoms. The Kier molecular flexibility index (Phi) is 5.36. The second kappa shape index (κ2) is 6.58. The van der Waals surface area contributed by atoms with Gasteiger partial charge in [-0.2, -0.15) is 0 Å². The molecule has 0 aliphatic carbocycles. The second-order valence-electron chi connectivity index (χ2n) is 3.83. The molecule has 1 rings (SSSR count). The smallest absolute Gasteiger partial charge is 0.122 e. The summed E-state index contributed by atoms with van der Waals surface area (Å²) in [5.41, 5.74) is 0. The van der Waals surface area contributed by atoms with E-state index in [9.17, 15) is 0 Å². The third-order valence-corrected chi connectivity index (χ3v) is 2.44. The fraction of sp³-hybridized carbons (Fsp3) is 0.727. The highest BCUT2D eigenvalue weighted by Gasteiger charge is 2.04. The number of imidazole rings is 1. The average molecular weight is 211 g/mol. The summed E-state index contributed by atoms with van der Waals surface area (Å²) in [5, 5.41) is 12.1. The van der Waals surface area contributed by atoms with Crippen LogP contribution in [0.5, 0.6) is 0 Å². The minimum absolute atomic E-state index is 0.234. The van der Waals surface area contributed by atoms with Crippen molar-refractivity contribution in [3.63, 3.8) is 0 Å². The van der Waals surface area contributed by atoms with Gasteiger partial charge in [0.1, 0.15) is 5.82 Å². The molecule has 0 saturated carbocycles. The Balaban J connectivity index is 2.39. The van der Waals surface area contributed by atoms with Crippen LogP contribution in [0, 0.1) is 0 Å². The molecule has 0 aliphatic rings. The van der Waals surface area contributed by atoms with Gasteiger partial charge in [-0.3, -0.25) is 0 Å². The van der Waals surface area contributed by atoms with Crippen LogP contribution in [0.25, 0.3) is 0 Å². The third kappa shape index (κ3) is 4.01. The lowest BCUT2D eigenvalue weighted by Crippen LogP contribution is -2.27. The van der Waals surface area contributed by atoms with Gasteiger partial charge in [0.05, 0.1) is 6.54 Å². The van der Waals surface area contributed by atoms with E-state index in [0.717, 1.165) is 31.8 Å². The van der Waals surface area contributed by atoms with Crippen LogP contribution >= 0.6 is 0 Å². The number of hydrogen-bond donors (Lipinski definition) is 2. The van der Waals surface area contributed by atoms with Crippen LogP contribution in [-0.2, 0) is 13.1 Å². The maximum absolute atomic E-state index is 8.77. The molecule has 0 radical (unpaired) electrons. The summed E-state index contributed by atoms with van der Waals surface area (Å²) in [4.78, 5) is 4.30. The molecule has 0 aliphatic heterocycles. The SMILES string of the molecule is CCCn1ccnc1CNC(C)CCO. The lowest BCUT2D eigenvalue weighted by molar-refractivity contribution is 0.268. The number of nitrogens with one attached hydrogen (secondary N) is 1. The molecule has 0 aromatic carbocycles. The molecule has 1 aromatic rings. The summed E-state index contributed by atoms with van der Waals surface area (Å²) in [5.74, 6) is 1.07. The quantitative estimate of drug-likeness (QED) is 0.711. The first-order valence-corrected chi connectivity index (χ1v) is 5.62. The van der Waals surface area contributed by atoms with E-state index < -0.39 is 0 Å². The predicted octanol–water partition coefficient (Wildman–Crippen LogP) is 1.15. The van der Waals surface area contributed by atoms with Gasteiger partial charge < -0.3 is 15.0 Å². The van der Waals surface area contributed by atoms with Crippen LogP contribution in [0.1, 0.15) is 32.5 Å². The minimum atomic E-state index is 0.234. The van der Waals surface area contributed by atoms with Crippen molar-refractivity contribution in [3.05, 3.63) is 18.2 Å². The van der Waals surface area contributed by atoms with E-state index in [1.807, 2.05) is 12.4 Å². The molecule has 1 heterocycles. The van der Waals surface area contributed by atoms with Crippen molar-refractivity contribution < 1.29 is 5.11 Å². The molecular weight excluding hydrogens is 190 g/mol. The number of aryl methyl sites for hydroxylation is 1. The van der Waals surface area contributed by atoms with Crippen molar-refractivity contribution >= 4 is 0 Å². The number of nitrogens with zero attached hydrogens (tertiary/aromatic N) is 2. The summed E-state index contributed by atoms with van der Waals surface area (Å²) in [7, 11) is 0. The summed E-state index contributed by atoms with van der Waals surface area (Å²) < 4.78 is 2.17. The highest BCUT2D eigenvalue weighted by Crippen LogP contribution is 2.00. The average Bonchev–Trinajstić information content (AvgIpc) is 2.64. The third-order valence-electron chi connectivity index (χ3n) is 2.44. The standard InChI is InChI=1S/C11H21N3O/c1-3-6-14-7-5-12-11(14)9-13-10(2)4-8-15/h5,7,10,13,15H,3-4,6,8-9H2,1-2H3. The fourth-order valence-electron chi connectivity index (χ4n) is 1.51. The minimum Gasteiger partial charge on any atom is -0.396 e. The first-order chi connectivity index (χ1) is 7.27. The van der Waals surface area contributed by atoms with Crippen molar-refractivity contribution in [2.75, 3.05) is 6.61 Å². The highest BCUT2D eigenvalue weighted by molar-refractivity contribution is 4.92. The van der Waals surface area contributed by atoms with Crippen LogP contribution in [0.2, 0.25) is 0 Å². The number of aliphatic hydroxyl groups excluding tert-OH is 1. The van der Waals surface area contributed by atoms with Gasteiger partial charge in [0, 0.05) is 31.6 Å². The summed E-state index contributed by atoms with van der Waals surface area (Å²) in [6, 6.07) is 0.335. The van der Waals surface area contributed by atoms with E-state index in [1.54, 1.807) is 0 Å². The van der Waals surface area contributed by atoms with E-state index in [4.69, 9.17) is 5.11 Å². The van der Waals surface area contributed by atoms with Crippen LogP contribution in [0.3, 0.4) is 0 Å². The zero-order valence-electron chi connectivity index (χ0n) is 9.61. The molecular formula is C11H21N3O. The Morgan fingerprint density at radius 3 is 3.07 bits per heavy atom. The Bertz CT molecular complexity index is 273. The van der Waals surface area contributed by atoms with Crippen molar-refractivity contribution in [1.29, 1.82) is 0 Å². The van der Waals surface area contributed by atoms with Crippen molar-refractivity contribution in [3.8, 4) is 0 Å². The van der Waals surface area contributed by atoms with Gasteiger partial charge in [-0.1, -0.05) is 6.92 Å². The normalized spacial score (nSPS) is 13.0. The Morgan fingerprint density at radius 1 is 1.60 bits per heavy atom. The van der Waals surface area contributed by atoms with Gasteiger partial charge in [0.2, 0.25) is 0 Å². The van der Waals surface area contributed by atoms with Gasteiger partial charge in [-0.05, 0) is 19.8 Å². The zero-order chi connectivity index (χ0) is 11.1. The largest absolute Gasteiger partial charge is 0.396 e. The van der Waals surface area contributed by atoms with Crippen LogP contribution in [0.4, 0.5) is 0 Å². The second-order valence-corrected chi connectivity index (χ2v) is 3.83. The number of hydrogen-bond acceptors (Lipinski definition) is 3. The molecule has 2 N–H and O–H groups in total. The van der Waals surface area contributed by atoms with Crippen molar-refractivity contribution in [2.45, 2.75) is 45.8 Å². The first-order valence-electron chi connectivity index (χ1n) is 5.62. The molecule has 0 saturated heterocycles. The molecule has 15 heavy (non-hydrogen) atoms. The molecule has 1 atom stereocenters. The molecule has 4 nitrogen and oxygen atoms in total. The van der Waals surface area contributed by atoms with E-state index in [1.165, 1.54) is 0 Å². The van der Waals surface area contributed by atoms with E-state index in [0.29, 0.717) is 6.04 Å². The maximum Gasteiger partial charge on any atom is 0.122 e. The monoisotopic (exact) mass is 211 g/mol. The molecule has 0 fully saturated rings. The first kappa shape index (κ1) is 12.2. The van der Waals surface area contributed by atoms with Crippen molar-refractivity contribution in [1.82, 2.24) is 14.9 Å². The molecule has 1 aromatic heterocycles. The number of aliphatic hydroxyl groups is 1. The van der Waals surface area contributed by atoms with Gasteiger partial charge in [0.15, 0.2) is 0 Å². The maximum atomic E-state index is 8.77. The zero-order valence-corrected chi connectivity index (χ0v) is 9.61. The number of aromatic nitrogens is 2. The molecule has 0 spiro atoms. The molecule has 0 amide bonds. The Hall–Kier alpha value is -0.870. The van der Waals surface area contributed by atoms with Crippen molar-refractivity contribution in [2.24, 2.45) is 0 Å². The molecule has 1 unspecified atom stereocenters. The van der Waals surface area contributed by atoms with Crippen LogP contribution in [-0.4, -0.2) is 27.3 Å². The fourth-order valence-corrected chi connectivity index (χ4v) is 1.51. The van der Waals surface area contributed by atoms with Gasteiger partial charge >= 0.3 is 0 Å². The van der Waals surface area contributed by atoms with E-state index in [-0.39, 0.29) is 6.61 Å². The van der Waals surface area contributed by atoms with Crippen LogP contribution in [0.15, 0.2) is 12.4 Å². The summed E-state index contributed by atoms with van der Waals surface area (Å²) in [6.07, 6.45) is 5.75. The van der Waals surface area contributed by atoms with E-state index in [2.05, 4.69) is 28.7 Å². The Labute approximate surface area is 91.3 Å². The lowest BCUT2D eigenvalue weighted by Gasteiger charge is -2.12. The summed E-state index contributed by atoms with van der Waals surface area (Å²) in [6.45, 7) is 6.26. The summed E-state index contributed by atoms with van der Waals surface area (Å²) >= 11 is 0. The topological polar surface area (TPSA) is 50.1 Å². The number of rotatable bonds is 7.